The van der Waals surface area contributed by atoms with Crippen LogP contribution in [-0.4, -0.2) is 29.6 Å². The monoisotopic (exact) mass is 280 g/mol. The third kappa shape index (κ3) is 3.18. The van der Waals surface area contributed by atoms with Crippen LogP contribution in [0.25, 0.3) is 0 Å². The van der Waals surface area contributed by atoms with Gasteiger partial charge < -0.3 is 10.6 Å². The summed E-state index contributed by atoms with van der Waals surface area (Å²) in [6.07, 6.45) is 6.01. The maximum Gasteiger partial charge on any atom is 0.106 e. The first kappa shape index (κ1) is 13.7. The van der Waals surface area contributed by atoms with Crippen LogP contribution in [0, 0.1) is 0 Å². The van der Waals surface area contributed by atoms with Gasteiger partial charge in [-0.1, -0.05) is 24.4 Å². The van der Waals surface area contributed by atoms with Crippen molar-refractivity contribution in [2.45, 2.75) is 24.5 Å². The van der Waals surface area contributed by atoms with Crippen LogP contribution in [-0.2, 0) is 0 Å². The highest BCUT2D eigenvalue weighted by atomic mass is 32.2. The molecule has 0 aliphatic carbocycles. The largest absolute Gasteiger partial charge is 0.389 e. The van der Waals surface area contributed by atoms with Crippen molar-refractivity contribution in [1.29, 1.82) is 0 Å². The van der Waals surface area contributed by atoms with Crippen molar-refractivity contribution in [3.8, 4) is 0 Å². The molecule has 4 heteroatoms. The molecular formula is C14H20N2S2. The fraction of sp³-hybridized carbons (Fsp3) is 0.500. The van der Waals surface area contributed by atoms with Gasteiger partial charge in [0.25, 0.3) is 0 Å². The zero-order chi connectivity index (χ0) is 13.0. The quantitative estimate of drug-likeness (QED) is 0.862. The van der Waals surface area contributed by atoms with E-state index in [0.29, 0.717) is 4.99 Å². The number of thiocarbonyl (C=S) groups is 1. The van der Waals surface area contributed by atoms with Crippen LogP contribution in [0.5, 0.6) is 0 Å². The minimum absolute atomic E-state index is 0.497. The van der Waals surface area contributed by atoms with E-state index < -0.39 is 0 Å². The Hall–Kier alpha value is -0.740. The normalized spacial score (nSPS) is 20.5. The minimum atomic E-state index is 0.497. The average molecular weight is 280 g/mol. The molecule has 2 N–H and O–H groups in total. The molecule has 1 aliphatic rings. The van der Waals surface area contributed by atoms with Crippen LogP contribution >= 0.6 is 24.0 Å². The third-order valence-electron chi connectivity index (χ3n) is 3.52. The van der Waals surface area contributed by atoms with Gasteiger partial charge in [0.2, 0.25) is 0 Å². The molecular weight excluding hydrogens is 260 g/mol. The minimum Gasteiger partial charge on any atom is -0.389 e. The number of anilines is 1. The molecule has 1 aliphatic heterocycles. The van der Waals surface area contributed by atoms with Gasteiger partial charge in [-0.2, -0.15) is 11.8 Å². The van der Waals surface area contributed by atoms with Crippen molar-refractivity contribution < 1.29 is 0 Å². The van der Waals surface area contributed by atoms with Gasteiger partial charge in [0.1, 0.15) is 4.99 Å². The van der Waals surface area contributed by atoms with Gasteiger partial charge in [-0.25, -0.2) is 0 Å². The summed E-state index contributed by atoms with van der Waals surface area (Å²) in [5.41, 5.74) is 8.02. The first-order valence-electron chi connectivity index (χ1n) is 6.39. The summed E-state index contributed by atoms with van der Waals surface area (Å²) in [6.45, 7) is 2.21. The van der Waals surface area contributed by atoms with E-state index in [9.17, 15) is 0 Å². The molecule has 18 heavy (non-hydrogen) atoms. The van der Waals surface area contributed by atoms with Crippen molar-refractivity contribution in [3.05, 3.63) is 29.8 Å². The van der Waals surface area contributed by atoms with Crippen LogP contribution in [0.4, 0.5) is 5.69 Å². The van der Waals surface area contributed by atoms with E-state index in [4.69, 9.17) is 18.0 Å². The van der Waals surface area contributed by atoms with Crippen LogP contribution < -0.4 is 10.6 Å². The van der Waals surface area contributed by atoms with Crippen molar-refractivity contribution in [2.24, 2.45) is 5.73 Å². The molecule has 1 unspecified atom stereocenters. The van der Waals surface area contributed by atoms with E-state index >= 15 is 0 Å². The van der Waals surface area contributed by atoms with Crippen LogP contribution in [0.15, 0.2) is 24.3 Å². The molecule has 1 aromatic rings. The molecule has 0 aromatic heterocycles. The Morgan fingerprint density at radius 1 is 1.33 bits per heavy atom. The van der Waals surface area contributed by atoms with E-state index in [1.807, 2.05) is 23.9 Å². The number of rotatable bonds is 3. The van der Waals surface area contributed by atoms with Gasteiger partial charge in [0.15, 0.2) is 0 Å². The van der Waals surface area contributed by atoms with Gasteiger partial charge in [-0.05, 0) is 37.7 Å². The molecule has 0 amide bonds. The lowest BCUT2D eigenvalue weighted by atomic mass is 10.1. The second-order valence-corrected chi connectivity index (χ2v) is 6.23. The number of benzene rings is 1. The molecule has 2 rings (SSSR count). The Labute approximate surface area is 119 Å². The predicted molar refractivity (Wildman–Crippen MR) is 85.7 cm³/mol. The molecule has 98 valence electrons. The summed E-state index contributed by atoms with van der Waals surface area (Å²) in [4.78, 5) is 2.93. The van der Waals surface area contributed by atoms with Crippen LogP contribution in [0.1, 0.15) is 24.8 Å². The second-order valence-electron chi connectivity index (χ2n) is 4.66. The van der Waals surface area contributed by atoms with Crippen molar-refractivity contribution in [3.63, 3.8) is 0 Å². The van der Waals surface area contributed by atoms with Crippen molar-refractivity contribution in [1.82, 2.24) is 0 Å². The number of nitrogens with zero attached hydrogens (tertiary/aromatic N) is 1. The lowest BCUT2D eigenvalue weighted by molar-refractivity contribution is 0.745. The van der Waals surface area contributed by atoms with Gasteiger partial charge in [-0.3, -0.25) is 0 Å². The SMILES string of the molecule is CSC1CCCN(c2ccccc2C(N)=S)CC1. The maximum atomic E-state index is 5.81. The molecule has 0 radical (unpaired) electrons. The van der Waals surface area contributed by atoms with E-state index in [-0.39, 0.29) is 0 Å². The van der Waals surface area contributed by atoms with Crippen molar-refractivity contribution in [2.75, 3.05) is 24.2 Å². The summed E-state index contributed by atoms with van der Waals surface area (Å²) in [7, 11) is 0. The second kappa shape index (κ2) is 6.43. The predicted octanol–water partition coefficient (Wildman–Crippen LogP) is 3.04. The number of nitrogens with two attached hydrogens (primary N) is 1. The fourth-order valence-corrected chi connectivity index (χ4v) is 3.42. The Balaban J connectivity index is 2.18. The highest BCUT2D eigenvalue weighted by molar-refractivity contribution is 7.99. The highest BCUT2D eigenvalue weighted by Gasteiger charge is 2.18. The Kier molecular flexibility index (Phi) is 4.89. The Morgan fingerprint density at radius 3 is 2.83 bits per heavy atom. The molecule has 0 spiro atoms. The third-order valence-corrected chi connectivity index (χ3v) is 4.88. The number of hydrogen-bond donors (Lipinski definition) is 1. The lowest BCUT2D eigenvalue weighted by Crippen LogP contribution is -2.27. The van der Waals surface area contributed by atoms with Crippen LogP contribution in [0.2, 0.25) is 0 Å². The summed E-state index contributed by atoms with van der Waals surface area (Å²) in [5.74, 6) is 0. The highest BCUT2D eigenvalue weighted by Crippen LogP contribution is 2.27. The van der Waals surface area contributed by atoms with E-state index in [1.54, 1.807) is 0 Å². The van der Waals surface area contributed by atoms with Gasteiger partial charge in [0, 0.05) is 29.6 Å². The molecule has 1 heterocycles. The fourth-order valence-electron chi connectivity index (χ4n) is 2.50. The average Bonchev–Trinajstić information content (AvgIpc) is 2.63. The van der Waals surface area contributed by atoms with E-state index in [0.717, 1.165) is 23.9 Å². The van der Waals surface area contributed by atoms with Gasteiger partial charge in [-0.15, -0.1) is 0 Å². The summed E-state index contributed by atoms with van der Waals surface area (Å²) in [5, 5.41) is 0.798. The van der Waals surface area contributed by atoms with E-state index in [2.05, 4.69) is 23.3 Å². The standard InChI is InChI=1S/C14H20N2S2/c1-18-11-5-4-9-16(10-8-11)13-7-3-2-6-12(13)14(15)17/h2-3,6-7,11H,4-5,8-10H2,1H3,(H2,15,17). The molecule has 1 aromatic carbocycles. The molecule has 1 fully saturated rings. The zero-order valence-corrected chi connectivity index (χ0v) is 12.4. The first-order valence-corrected chi connectivity index (χ1v) is 8.08. The number of para-hydroxylation sites is 1. The first-order chi connectivity index (χ1) is 8.72. The smallest absolute Gasteiger partial charge is 0.106 e. The molecule has 2 nitrogen and oxygen atoms in total. The number of thioether (sulfide) groups is 1. The summed E-state index contributed by atoms with van der Waals surface area (Å²) >= 11 is 7.14. The lowest BCUT2D eigenvalue weighted by Gasteiger charge is -2.25. The van der Waals surface area contributed by atoms with Gasteiger partial charge >= 0.3 is 0 Å². The number of hydrogen-bond acceptors (Lipinski definition) is 3. The molecule has 1 atom stereocenters. The summed E-state index contributed by atoms with van der Waals surface area (Å²) in [6, 6.07) is 8.22. The van der Waals surface area contributed by atoms with Crippen molar-refractivity contribution >= 4 is 34.7 Å². The summed E-state index contributed by atoms with van der Waals surface area (Å²) < 4.78 is 0. The topological polar surface area (TPSA) is 29.3 Å². The maximum absolute atomic E-state index is 5.81. The van der Waals surface area contributed by atoms with E-state index in [1.165, 1.54) is 24.9 Å². The zero-order valence-electron chi connectivity index (χ0n) is 10.8. The Morgan fingerprint density at radius 2 is 2.11 bits per heavy atom. The molecule has 0 saturated carbocycles. The van der Waals surface area contributed by atoms with Gasteiger partial charge in [0.05, 0.1) is 0 Å². The molecule has 0 bridgehead atoms. The Bertz CT molecular complexity index is 420. The molecule has 1 saturated heterocycles. The van der Waals surface area contributed by atoms with Crippen LogP contribution in [0.3, 0.4) is 0 Å².